The Hall–Kier alpha value is -3.03. The van der Waals surface area contributed by atoms with Gasteiger partial charge in [-0.2, -0.15) is 31.6 Å². The third kappa shape index (κ3) is 2.77. The number of hydrogen-bond donors (Lipinski definition) is 2. The number of nitrogens with zero attached hydrogens (tertiary/aromatic N) is 2. The van der Waals surface area contributed by atoms with Gasteiger partial charge in [-0.1, -0.05) is 0 Å². The quantitative estimate of drug-likeness (QED) is 0.705. The molecule has 0 spiro atoms. The summed E-state index contributed by atoms with van der Waals surface area (Å²) >= 11 is 0. The minimum atomic E-state index is -5.81. The van der Waals surface area contributed by atoms with E-state index in [0.717, 1.165) is 11.0 Å². The molecule has 3 rings (SSSR count). The zero-order chi connectivity index (χ0) is 21.8. The lowest BCUT2D eigenvalue weighted by atomic mass is 9.65. The number of alkyl halides is 6. The summed E-state index contributed by atoms with van der Waals surface area (Å²) in [7, 11) is 0. The molecule has 0 fully saturated rings. The first-order valence-corrected chi connectivity index (χ1v) is 8.42. The average Bonchev–Trinajstić information content (AvgIpc) is 3.07. The number of nitriles is 1. The van der Waals surface area contributed by atoms with E-state index in [1.54, 1.807) is 0 Å². The Morgan fingerprint density at radius 3 is 2.14 bits per heavy atom. The summed E-state index contributed by atoms with van der Waals surface area (Å²) < 4.78 is 83.6. The maximum Gasteiger partial charge on any atom is 0.408 e. The largest absolute Gasteiger partial charge is 0.408 e. The van der Waals surface area contributed by atoms with Gasteiger partial charge in [0.1, 0.15) is 11.8 Å². The highest BCUT2D eigenvalue weighted by Crippen LogP contribution is 2.65. The van der Waals surface area contributed by atoms with Crippen LogP contribution in [0.4, 0.5) is 32.0 Å². The van der Waals surface area contributed by atoms with Crippen LogP contribution in [0.25, 0.3) is 0 Å². The van der Waals surface area contributed by atoms with Crippen molar-refractivity contribution in [3.63, 3.8) is 0 Å². The van der Waals surface area contributed by atoms with Gasteiger partial charge in [0.25, 0.3) is 0 Å². The van der Waals surface area contributed by atoms with E-state index in [2.05, 4.69) is 0 Å². The molecule has 1 aliphatic heterocycles. The van der Waals surface area contributed by atoms with Crippen molar-refractivity contribution in [2.75, 3.05) is 4.90 Å². The number of carbonyl (C=O) groups is 1. The van der Waals surface area contributed by atoms with Gasteiger partial charge in [0.2, 0.25) is 11.3 Å². The van der Waals surface area contributed by atoms with E-state index in [9.17, 15) is 36.4 Å². The summed E-state index contributed by atoms with van der Waals surface area (Å²) in [6.07, 6.45) is -12.2. The Morgan fingerprint density at radius 1 is 1.14 bits per heavy atom. The van der Waals surface area contributed by atoms with E-state index in [4.69, 9.17) is 11.1 Å². The zero-order valence-electron chi connectivity index (χ0n) is 14.7. The van der Waals surface area contributed by atoms with Crippen molar-refractivity contribution in [2.24, 2.45) is 17.1 Å². The number of amidine groups is 1. The fraction of sp³-hybridized carbons (Fsp3) is 0.389. The molecule has 1 aromatic carbocycles. The fourth-order valence-corrected chi connectivity index (χ4v) is 4.11. The Balaban J connectivity index is 2.29. The van der Waals surface area contributed by atoms with Crippen LogP contribution in [0.1, 0.15) is 29.6 Å². The van der Waals surface area contributed by atoms with Crippen LogP contribution in [-0.2, 0) is 0 Å². The maximum atomic E-state index is 13.9. The molecular weight excluding hydrogens is 402 g/mol. The van der Waals surface area contributed by atoms with Gasteiger partial charge in [-0.25, -0.2) is 0 Å². The summed E-state index contributed by atoms with van der Waals surface area (Å²) in [4.78, 5) is 12.1. The van der Waals surface area contributed by atoms with E-state index < -0.39 is 47.4 Å². The van der Waals surface area contributed by atoms with Gasteiger partial charge >= 0.3 is 12.4 Å². The number of halogens is 6. The van der Waals surface area contributed by atoms with Gasteiger partial charge in [0, 0.05) is 16.9 Å². The molecule has 29 heavy (non-hydrogen) atoms. The lowest BCUT2D eigenvalue weighted by Crippen LogP contribution is -2.62. The van der Waals surface area contributed by atoms with Crippen LogP contribution in [0.5, 0.6) is 0 Å². The molecule has 5 nitrogen and oxygen atoms in total. The van der Waals surface area contributed by atoms with E-state index in [0.29, 0.717) is 0 Å². The first-order chi connectivity index (χ1) is 13.4. The standard InChI is InChI=1S/C18H14F6N4O/c19-17(20,21)16(18(22,23)24)11-2-1-3-13(11)28(14(26)12(16)8-25)10-6-4-9(5-7-10)15(27)29/h4-7,12,26H,1-3H2,(H2,27,29). The molecule has 1 atom stereocenters. The summed E-state index contributed by atoms with van der Waals surface area (Å²) in [5, 5.41) is 17.4. The first-order valence-electron chi connectivity index (χ1n) is 8.42. The number of benzene rings is 1. The van der Waals surface area contributed by atoms with Crippen LogP contribution >= 0.6 is 0 Å². The number of nitrogens with one attached hydrogen (secondary N) is 1. The van der Waals surface area contributed by atoms with Crippen LogP contribution in [0, 0.1) is 28.1 Å². The number of allylic oxidation sites excluding steroid dienone is 2. The SMILES string of the molecule is N#CC1C(=N)N(c2ccc(C(N)=O)cc2)C2=C(CCC2)C1(C(F)(F)F)C(F)(F)F. The highest BCUT2D eigenvalue weighted by atomic mass is 19.4. The fourth-order valence-electron chi connectivity index (χ4n) is 4.11. The van der Waals surface area contributed by atoms with Crippen molar-refractivity contribution in [3.05, 3.63) is 41.1 Å². The second kappa shape index (κ2) is 6.50. The number of rotatable bonds is 2. The maximum absolute atomic E-state index is 13.9. The van der Waals surface area contributed by atoms with Crippen LogP contribution < -0.4 is 10.6 Å². The molecule has 1 aliphatic carbocycles. The number of anilines is 1. The lowest BCUT2D eigenvalue weighted by molar-refractivity contribution is -0.332. The number of amides is 1. The molecule has 11 heteroatoms. The topological polar surface area (TPSA) is 94.0 Å². The molecule has 0 aromatic heterocycles. The molecule has 0 saturated carbocycles. The number of carbonyl (C=O) groups excluding carboxylic acids is 1. The second-order valence-corrected chi connectivity index (χ2v) is 6.78. The molecule has 0 radical (unpaired) electrons. The van der Waals surface area contributed by atoms with Gasteiger partial charge in [-0.05, 0) is 49.1 Å². The number of nitrogens with two attached hydrogens (primary N) is 1. The smallest absolute Gasteiger partial charge is 0.366 e. The molecule has 1 aromatic rings. The van der Waals surface area contributed by atoms with Crippen molar-refractivity contribution in [2.45, 2.75) is 31.6 Å². The highest BCUT2D eigenvalue weighted by Gasteiger charge is 2.79. The average molecular weight is 416 g/mol. The molecule has 154 valence electrons. The first kappa shape index (κ1) is 20.7. The Kier molecular flexibility index (Phi) is 4.64. The van der Waals surface area contributed by atoms with Gasteiger partial charge in [0.15, 0.2) is 0 Å². The molecule has 2 aliphatic rings. The van der Waals surface area contributed by atoms with E-state index in [1.165, 1.54) is 24.3 Å². The van der Waals surface area contributed by atoms with E-state index in [-0.39, 0.29) is 29.8 Å². The highest BCUT2D eigenvalue weighted by molar-refractivity contribution is 6.04. The Morgan fingerprint density at radius 2 is 1.69 bits per heavy atom. The predicted octanol–water partition coefficient (Wildman–Crippen LogP) is 4.27. The van der Waals surface area contributed by atoms with Crippen molar-refractivity contribution >= 4 is 17.4 Å². The molecule has 0 saturated heterocycles. The number of hydrogen-bond acceptors (Lipinski definition) is 3. The minimum absolute atomic E-state index is 0.0277. The predicted molar refractivity (Wildman–Crippen MR) is 89.7 cm³/mol. The van der Waals surface area contributed by atoms with Gasteiger partial charge in [-0.3, -0.25) is 10.2 Å². The Bertz CT molecular complexity index is 925. The molecule has 3 N–H and O–H groups in total. The molecular formula is C18H14F6N4O. The van der Waals surface area contributed by atoms with Crippen molar-refractivity contribution < 1.29 is 31.1 Å². The van der Waals surface area contributed by atoms with Crippen LogP contribution in [-0.4, -0.2) is 24.1 Å². The van der Waals surface area contributed by atoms with Gasteiger partial charge in [0.05, 0.1) is 6.07 Å². The van der Waals surface area contributed by atoms with Crippen molar-refractivity contribution in [1.29, 1.82) is 10.7 Å². The second-order valence-electron chi connectivity index (χ2n) is 6.78. The van der Waals surface area contributed by atoms with Gasteiger partial charge in [-0.15, -0.1) is 0 Å². The molecule has 0 bridgehead atoms. The number of primary amides is 1. The lowest BCUT2D eigenvalue weighted by Gasteiger charge is -2.48. The molecule has 1 unspecified atom stereocenters. The van der Waals surface area contributed by atoms with Crippen molar-refractivity contribution in [3.8, 4) is 6.07 Å². The molecule has 1 heterocycles. The third-order valence-corrected chi connectivity index (χ3v) is 5.32. The summed E-state index contributed by atoms with van der Waals surface area (Å²) in [5.41, 5.74) is -0.362. The summed E-state index contributed by atoms with van der Waals surface area (Å²) in [6.45, 7) is 0. The summed E-state index contributed by atoms with van der Waals surface area (Å²) in [5.74, 6) is -4.70. The third-order valence-electron chi connectivity index (χ3n) is 5.32. The van der Waals surface area contributed by atoms with Gasteiger partial charge < -0.3 is 10.6 Å². The summed E-state index contributed by atoms with van der Waals surface area (Å²) in [6, 6.07) is 6.11. The minimum Gasteiger partial charge on any atom is -0.366 e. The van der Waals surface area contributed by atoms with Crippen molar-refractivity contribution in [1.82, 2.24) is 0 Å². The Labute approximate surface area is 160 Å². The zero-order valence-corrected chi connectivity index (χ0v) is 14.7. The molecule has 1 amide bonds. The van der Waals surface area contributed by atoms with Crippen LogP contribution in [0.3, 0.4) is 0 Å². The van der Waals surface area contributed by atoms with E-state index in [1.807, 2.05) is 0 Å². The van der Waals surface area contributed by atoms with Crippen LogP contribution in [0.15, 0.2) is 35.5 Å². The normalized spacial score (nSPS) is 21.8. The van der Waals surface area contributed by atoms with E-state index >= 15 is 0 Å². The van der Waals surface area contributed by atoms with Crippen LogP contribution in [0.2, 0.25) is 0 Å². The monoisotopic (exact) mass is 416 g/mol.